The van der Waals surface area contributed by atoms with Gasteiger partial charge in [0.1, 0.15) is 15.0 Å². The number of thiocarbonyl (C=S) groups is 1. The fraction of sp³-hybridized carbons (Fsp3) is 0.100. The number of hydrogen-bond donors (Lipinski definition) is 1. The molecule has 1 N–H and O–H groups in total. The third-order valence-electron chi connectivity index (χ3n) is 4.32. The standard InChI is InChI=1S/C20H17NO7S4.2K/c1-12(30-20(29)13-5-3-2-4-6-13)19(22)21-15-8-7-14-9-16(31(23,24)25)11-18(17(14)10-15)32(26,27)28;;/h2-12H,1H3,(H,21,22)(H,23,24,25)(H,26,27,28);;/q;2*+1/p-2. The van der Waals surface area contributed by atoms with E-state index in [2.05, 4.69) is 4.99 Å². The first-order valence-corrected chi connectivity index (χ1v) is 13.0. The van der Waals surface area contributed by atoms with E-state index in [1.54, 1.807) is 6.92 Å². The summed E-state index contributed by atoms with van der Waals surface area (Å²) in [6.07, 6.45) is 0. The van der Waals surface area contributed by atoms with Crippen molar-refractivity contribution in [2.24, 2.45) is 4.99 Å². The van der Waals surface area contributed by atoms with Crippen LogP contribution in [0.15, 0.2) is 75.4 Å². The van der Waals surface area contributed by atoms with Crippen molar-refractivity contribution in [2.75, 3.05) is 0 Å². The van der Waals surface area contributed by atoms with Crippen molar-refractivity contribution in [1.82, 2.24) is 0 Å². The summed E-state index contributed by atoms with van der Waals surface area (Å²) in [6.45, 7) is 1.63. The topological polar surface area (TPSA) is 147 Å². The first-order valence-electron chi connectivity index (χ1n) is 8.89. The first-order chi connectivity index (χ1) is 14.9. The molecule has 0 heterocycles. The fourth-order valence-corrected chi connectivity index (χ4v) is 5.44. The van der Waals surface area contributed by atoms with Gasteiger partial charge in [0.2, 0.25) is 0 Å². The predicted molar refractivity (Wildman–Crippen MR) is 124 cm³/mol. The largest absolute Gasteiger partial charge is 1.00 e. The third-order valence-corrected chi connectivity index (χ3v) is 7.56. The van der Waals surface area contributed by atoms with Gasteiger partial charge in [-0.05, 0) is 48.0 Å². The zero-order chi connectivity index (χ0) is 23.7. The van der Waals surface area contributed by atoms with E-state index in [0.717, 1.165) is 23.4 Å². The maximum absolute atomic E-state index is 12.5. The number of hydrogen-bond acceptors (Lipinski definition) is 9. The van der Waals surface area contributed by atoms with Crippen molar-refractivity contribution in [2.45, 2.75) is 22.0 Å². The van der Waals surface area contributed by atoms with Crippen LogP contribution in [0.4, 0.5) is 5.69 Å². The normalized spacial score (nSPS) is 13.0. The van der Waals surface area contributed by atoms with E-state index in [4.69, 9.17) is 12.2 Å². The minimum absolute atomic E-state index is 0. The van der Waals surface area contributed by atoms with Gasteiger partial charge in [0.25, 0.3) is 10.1 Å². The Morgan fingerprint density at radius 1 is 1.03 bits per heavy atom. The van der Waals surface area contributed by atoms with E-state index in [9.17, 15) is 31.0 Å². The summed E-state index contributed by atoms with van der Waals surface area (Å²) in [5.74, 6) is -0.528. The molecule has 0 aromatic heterocycles. The second-order valence-electron chi connectivity index (χ2n) is 6.62. The van der Waals surface area contributed by atoms with Gasteiger partial charge in [-0.1, -0.05) is 48.6 Å². The van der Waals surface area contributed by atoms with Crippen LogP contribution in [0.25, 0.3) is 10.8 Å². The minimum Gasteiger partial charge on any atom is -0.861 e. The Hall–Kier alpha value is 0.923. The zero-order valence-corrected chi connectivity index (χ0v) is 27.8. The number of rotatable bonds is 6. The van der Waals surface area contributed by atoms with E-state index < -0.39 is 41.2 Å². The summed E-state index contributed by atoms with van der Waals surface area (Å²) in [5, 5.41) is 11.9. The molecule has 0 saturated heterocycles. The average molecular weight is 588 g/mol. The second-order valence-corrected chi connectivity index (χ2v) is 11.4. The molecule has 0 bridgehead atoms. The molecular formula is C20H15K2NO7S4. The molecule has 34 heavy (non-hydrogen) atoms. The van der Waals surface area contributed by atoms with Crippen LogP contribution in [0, 0.1) is 0 Å². The van der Waals surface area contributed by atoms with Crippen molar-refractivity contribution < 1.29 is 134 Å². The summed E-state index contributed by atoms with van der Waals surface area (Å²) < 4.78 is 67.5. The Labute approximate surface area is 292 Å². The van der Waals surface area contributed by atoms with Gasteiger partial charge >= 0.3 is 103 Å². The Bertz CT molecular complexity index is 1440. The molecule has 0 saturated carbocycles. The molecule has 0 aliphatic carbocycles. The Balaban J connectivity index is 0.00000289. The molecule has 14 heteroatoms. The molecule has 3 rings (SSSR count). The number of aliphatic imine (C=N–C) groups is 1. The first kappa shape index (κ1) is 33.0. The van der Waals surface area contributed by atoms with Crippen molar-refractivity contribution in [3.63, 3.8) is 0 Å². The summed E-state index contributed by atoms with van der Waals surface area (Å²) in [5.41, 5.74) is 0.878. The van der Waals surface area contributed by atoms with Gasteiger partial charge in [0.15, 0.2) is 0 Å². The fourth-order valence-electron chi connectivity index (χ4n) is 2.78. The van der Waals surface area contributed by atoms with E-state index in [1.165, 1.54) is 18.2 Å². The number of benzene rings is 3. The van der Waals surface area contributed by atoms with Gasteiger partial charge in [-0.2, -0.15) is 8.42 Å². The molecule has 0 amide bonds. The molecule has 0 aliphatic rings. The van der Waals surface area contributed by atoms with E-state index in [-0.39, 0.29) is 119 Å². The average Bonchev–Trinajstić information content (AvgIpc) is 2.72. The molecule has 3 aromatic carbocycles. The van der Waals surface area contributed by atoms with Crippen LogP contribution in [0.2, 0.25) is 0 Å². The predicted octanol–water partition coefficient (Wildman–Crippen LogP) is -3.11. The molecule has 0 spiro atoms. The molecule has 3 aromatic rings. The quantitative estimate of drug-likeness (QED) is 0.104. The van der Waals surface area contributed by atoms with Crippen LogP contribution < -0.4 is 108 Å². The number of nitrogens with zero attached hydrogens (tertiary/aromatic N) is 1. The van der Waals surface area contributed by atoms with Gasteiger partial charge < -0.3 is 9.66 Å². The molecule has 1 atom stereocenters. The Morgan fingerprint density at radius 2 is 1.65 bits per heavy atom. The molecule has 168 valence electrons. The molecule has 1 unspecified atom stereocenters. The van der Waals surface area contributed by atoms with Gasteiger partial charge in [0, 0.05) is 10.6 Å². The van der Waals surface area contributed by atoms with Crippen LogP contribution in [0.3, 0.4) is 0 Å². The Morgan fingerprint density at radius 3 is 2.21 bits per heavy atom. The minimum atomic E-state index is -4.97. The zero-order valence-electron chi connectivity index (χ0n) is 18.3. The van der Waals surface area contributed by atoms with Crippen molar-refractivity contribution in [3.05, 3.63) is 66.2 Å². The molecule has 0 aliphatic heterocycles. The van der Waals surface area contributed by atoms with Crippen LogP contribution in [0.5, 0.6) is 0 Å². The van der Waals surface area contributed by atoms with Crippen molar-refractivity contribution in [3.8, 4) is 0 Å². The summed E-state index contributed by atoms with van der Waals surface area (Å²) in [4.78, 5) is 2.39. The smallest absolute Gasteiger partial charge is 0.861 e. The van der Waals surface area contributed by atoms with Gasteiger partial charge in [-0.3, -0.25) is 9.55 Å². The second kappa shape index (κ2) is 13.6. The van der Waals surface area contributed by atoms with Crippen LogP contribution in [-0.4, -0.2) is 41.3 Å². The van der Waals surface area contributed by atoms with Gasteiger partial charge in [0.05, 0.1) is 14.8 Å². The molecule has 0 fully saturated rings. The van der Waals surface area contributed by atoms with E-state index in [1.807, 2.05) is 30.3 Å². The van der Waals surface area contributed by atoms with E-state index >= 15 is 0 Å². The Kier molecular flexibility index (Phi) is 13.2. The number of thioether (sulfide) groups is 1. The van der Waals surface area contributed by atoms with Gasteiger partial charge in [-0.25, -0.2) is 8.42 Å². The molecule has 8 nitrogen and oxygen atoms in total. The maximum Gasteiger partial charge on any atom is 1.00 e. The summed E-state index contributed by atoms with van der Waals surface area (Å²) in [7, 11) is -9.84. The molecule has 0 radical (unpaired) electrons. The van der Waals surface area contributed by atoms with Crippen molar-refractivity contribution in [1.29, 1.82) is 0 Å². The molecular weight excluding hydrogens is 573 g/mol. The van der Waals surface area contributed by atoms with Crippen LogP contribution in [0.1, 0.15) is 12.5 Å². The van der Waals surface area contributed by atoms with Gasteiger partial charge in [-0.15, -0.1) is 11.8 Å². The SMILES string of the molecule is CC(SC(=S)c1ccccc1)C([O-])=Nc1ccc2cc(S(=O)(=O)[O-])cc(S(=O)(=O)O)c2c1.[K+].[K+]. The number of fused-ring (bicyclic) bond motifs is 1. The summed E-state index contributed by atoms with van der Waals surface area (Å²) >= 11 is 6.49. The summed E-state index contributed by atoms with van der Waals surface area (Å²) in [6, 6.07) is 14.6. The monoisotopic (exact) mass is 587 g/mol. The third kappa shape index (κ3) is 8.75. The van der Waals surface area contributed by atoms with E-state index in [0.29, 0.717) is 10.3 Å². The van der Waals surface area contributed by atoms with Crippen LogP contribution in [-0.2, 0) is 20.2 Å². The maximum atomic E-state index is 12.5. The van der Waals surface area contributed by atoms with Crippen molar-refractivity contribution >= 4 is 70.8 Å². The van der Waals surface area contributed by atoms with Crippen LogP contribution >= 0.6 is 24.0 Å².